The number of ether oxygens (including phenoxy) is 2. The van der Waals surface area contributed by atoms with E-state index in [1.54, 1.807) is 14.2 Å². The highest BCUT2D eigenvalue weighted by atomic mass is 127. The maximum atomic E-state index is 5.75. The molecular weight excluding hydrogens is 459 g/mol. The minimum Gasteiger partial charge on any atom is -0.497 e. The first-order chi connectivity index (χ1) is 12.5. The summed E-state index contributed by atoms with van der Waals surface area (Å²) < 4.78 is 16.2. The first-order valence-electron chi connectivity index (χ1n) is 8.67. The van der Waals surface area contributed by atoms with Crippen LogP contribution in [0.4, 0.5) is 0 Å². The molecule has 7 nitrogen and oxygen atoms in total. The maximum absolute atomic E-state index is 5.75. The summed E-state index contributed by atoms with van der Waals surface area (Å²) in [6, 6.07) is 9.51. The molecule has 0 bridgehead atoms. The molecule has 0 spiro atoms. The van der Waals surface area contributed by atoms with Crippen LogP contribution in [0.15, 0.2) is 39.8 Å². The van der Waals surface area contributed by atoms with E-state index in [0.717, 1.165) is 28.9 Å². The van der Waals surface area contributed by atoms with Gasteiger partial charge in [0.1, 0.15) is 18.1 Å². The van der Waals surface area contributed by atoms with E-state index in [9.17, 15) is 0 Å². The van der Waals surface area contributed by atoms with Gasteiger partial charge in [-0.1, -0.05) is 19.0 Å². The molecule has 0 radical (unpaired) electrons. The number of nitrogens with one attached hydrogen (secondary N) is 1. The molecule has 0 atom stereocenters. The topological polar surface area (TPSA) is 72.1 Å². The lowest BCUT2D eigenvalue weighted by molar-refractivity contribution is 0.280. The summed E-state index contributed by atoms with van der Waals surface area (Å²) >= 11 is 0. The van der Waals surface area contributed by atoms with E-state index < -0.39 is 0 Å². The second-order valence-corrected chi connectivity index (χ2v) is 6.22. The van der Waals surface area contributed by atoms with Gasteiger partial charge in [-0.15, -0.1) is 24.0 Å². The fraction of sp³-hybridized carbons (Fsp3) is 0.474. The molecular formula is C19H29IN4O3. The predicted molar refractivity (Wildman–Crippen MR) is 117 cm³/mol. The van der Waals surface area contributed by atoms with Crippen LogP contribution in [0.25, 0.3) is 0 Å². The Labute approximate surface area is 178 Å². The molecule has 0 amide bonds. The molecule has 0 aliphatic heterocycles. The third-order valence-electron chi connectivity index (χ3n) is 3.92. The number of aromatic nitrogens is 1. The van der Waals surface area contributed by atoms with Crippen molar-refractivity contribution in [3.63, 3.8) is 0 Å². The number of aliphatic imine (C=N–C) groups is 1. The van der Waals surface area contributed by atoms with Crippen molar-refractivity contribution in [2.24, 2.45) is 4.99 Å². The number of methoxy groups -OCH3 is 1. The minimum absolute atomic E-state index is 0. The molecule has 1 heterocycles. The molecule has 150 valence electrons. The first-order valence-corrected chi connectivity index (χ1v) is 8.67. The maximum Gasteiger partial charge on any atom is 0.193 e. The SMILES string of the molecule is CN=C(NCc1cc(C(C)C)no1)N(C)CCOc1ccc(OC)cc1.I. The van der Waals surface area contributed by atoms with E-state index in [4.69, 9.17) is 14.0 Å². The van der Waals surface area contributed by atoms with Crippen molar-refractivity contribution < 1.29 is 14.0 Å². The third kappa shape index (κ3) is 7.28. The Balaban J connectivity index is 0.00000364. The second kappa shape index (κ2) is 11.7. The number of hydrogen-bond donors (Lipinski definition) is 1. The molecule has 2 aromatic rings. The monoisotopic (exact) mass is 488 g/mol. The van der Waals surface area contributed by atoms with Gasteiger partial charge in [0.25, 0.3) is 0 Å². The molecule has 0 aliphatic carbocycles. The van der Waals surface area contributed by atoms with Crippen molar-refractivity contribution in [3.05, 3.63) is 41.8 Å². The van der Waals surface area contributed by atoms with Gasteiger partial charge < -0.3 is 24.2 Å². The van der Waals surface area contributed by atoms with Gasteiger partial charge in [-0.25, -0.2) is 0 Å². The molecule has 0 saturated carbocycles. The molecule has 27 heavy (non-hydrogen) atoms. The van der Waals surface area contributed by atoms with Gasteiger partial charge >= 0.3 is 0 Å². The largest absolute Gasteiger partial charge is 0.497 e. The summed E-state index contributed by atoms with van der Waals surface area (Å²) in [5, 5.41) is 7.33. The summed E-state index contributed by atoms with van der Waals surface area (Å²) in [7, 11) is 5.36. The van der Waals surface area contributed by atoms with Crippen molar-refractivity contribution >= 4 is 29.9 Å². The van der Waals surface area contributed by atoms with Crippen molar-refractivity contribution in [2.45, 2.75) is 26.3 Å². The quantitative estimate of drug-likeness (QED) is 0.349. The number of hydrogen-bond acceptors (Lipinski definition) is 5. The van der Waals surface area contributed by atoms with Crippen LogP contribution in [-0.2, 0) is 6.54 Å². The number of nitrogens with zero attached hydrogens (tertiary/aromatic N) is 3. The van der Waals surface area contributed by atoms with Crippen LogP contribution in [0.2, 0.25) is 0 Å². The van der Waals surface area contributed by atoms with Crippen LogP contribution < -0.4 is 14.8 Å². The highest BCUT2D eigenvalue weighted by molar-refractivity contribution is 14.0. The molecule has 1 N–H and O–H groups in total. The van der Waals surface area contributed by atoms with Crippen molar-refractivity contribution in [1.82, 2.24) is 15.4 Å². The summed E-state index contributed by atoms with van der Waals surface area (Å²) in [5.41, 5.74) is 0.957. The van der Waals surface area contributed by atoms with Crippen molar-refractivity contribution in [2.75, 3.05) is 34.4 Å². The van der Waals surface area contributed by atoms with Gasteiger partial charge in [0.05, 0.1) is 25.9 Å². The standard InChI is InChI=1S/C19H28N4O3.HI/c1-14(2)18-12-17(26-22-18)13-21-19(20-3)23(4)10-11-25-16-8-6-15(24-5)7-9-16;/h6-9,12,14H,10-11,13H2,1-5H3,(H,20,21);1H. The lowest BCUT2D eigenvalue weighted by atomic mass is 10.1. The molecule has 0 aliphatic rings. The Kier molecular flexibility index (Phi) is 9.98. The summed E-state index contributed by atoms with van der Waals surface area (Å²) in [6.45, 7) is 5.95. The highest BCUT2D eigenvalue weighted by Crippen LogP contribution is 2.17. The van der Waals surface area contributed by atoms with E-state index in [-0.39, 0.29) is 24.0 Å². The molecule has 8 heteroatoms. The van der Waals surface area contributed by atoms with Gasteiger partial charge in [-0.2, -0.15) is 0 Å². The first kappa shape index (κ1) is 23.1. The Morgan fingerprint density at radius 2 is 1.93 bits per heavy atom. The second-order valence-electron chi connectivity index (χ2n) is 6.22. The van der Waals surface area contributed by atoms with Crippen LogP contribution in [0.5, 0.6) is 11.5 Å². The van der Waals surface area contributed by atoms with Crippen LogP contribution in [0.3, 0.4) is 0 Å². The fourth-order valence-corrected chi connectivity index (χ4v) is 2.31. The van der Waals surface area contributed by atoms with Crippen LogP contribution >= 0.6 is 24.0 Å². The Bertz CT molecular complexity index is 701. The highest BCUT2D eigenvalue weighted by Gasteiger charge is 2.10. The van der Waals surface area contributed by atoms with Gasteiger partial charge in [-0.05, 0) is 30.2 Å². The van der Waals surface area contributed by atoms with Crippen LogP contribution in [0.1, 0.15) is 31.2 Å². The van der Waals surface area contributed by atoms with Crippen molar-refractivity contribution in [1.29, 1.82) is 0 Å². The van der Waals surface area contributed by atoms with E-state index in [0.29, 0.717) is 25.6 Å². The molecule has 1 aromatic heterocycles. The molecule has 1 aromatic carbocycles. The number of benzene rings is 1. The summed E-state index contributed by atoms with van der Waals surface area (Å²) in [6.07, 6.45) is 0. The summed E-state index contributed by atoms with van der Waals surface area (Å²) in [4.78, 5) is 6.29. The van der Waals surface area contributed by atoms with E-state index in [1.165, 1.54) is 0 Å². The lowest BCUT2D eigenvalue weighted by Gasteiger charge is -2.21. The van der Waals surface area contributed by atoms with Gasteiger partial charge in [-0.3, -0.25) is 4.99 Å². The van der Waals surface area contributed by atoms with Gasteiger partial charge in [0, 0.05) is 20.2 Å². The zero-order chi connectivity index (χ0) is 18.9. The number of likely N-dealkylation sites (N-methyl/N-ethyl adjacent to an activating group) is 1. The smallest absolute Gasteiger partial charge is 0.193 e. The molecule has 0 saturated heterocycles. The lowest BCUT2D eigenvalue weighted by Crippen LogP contribution is -2.40. The van der Waals surface area contributed by atoms with Crippen LogP contribution in [-0.4, -0.2) is 50.4 Å². The molecule has 0 unspecified atom stereocenters. The van der Waals surface area contributed by atoms with Crippen molar-refractivity contribution in [3.8, 4) is 11.5 Å². The normalized spacial score (nSPS) is 11.1. The average molecular weight is 488 g/mol. The van der Waals surface area contributed by atoms with E-state index in [1.807, 2.05) is 42.3 Å². The molecule has 0 fully saturated rings. The Hall–Kier alpha value is -1.97. The summed E-state index contributed by atoms with van der Waals surface area (Å²) in [5.74, 6) is 3.53. The average Bonchev–Trinajstić information content (AvgIpc) is 3.12. The number of halogens is 1. The van der Waals surface area contributed by atoms with E-state index >= 15 is 0 Å². The zero-order valence-electron chi connectivity index (χ0n) is 16.6. The van der Waals surface area contributed by atoms with Gasteiger partial charge in [0.15, 0.2) is 11.7 Å². The minimum atomic E-state index is 0. The number of rotatable bonds is 8. The predicted octanol–water partition coefficient (Wildman–Crippen LogP) is 3.51. The van der Waals surface area contributed by atoms with E-state index in [2.05, 4.69) is 29.3 Å². The molecule has 2 rings (SSSR count). The van der Waals surface area contributed by atoms with Gasteiger partial charge in [0.2, 0.25) is 0 Å². The van der Waals surface area contributed by atoms with Crippen LogP contribution in [0, 0.1) is 0 Å². The third-order valence-corrected chi connectivity index (χ3v) is 3.92. The Morgan fingerprint density at radius 1 is 1.26 bits per heavy atom. The Morgan fingerprint density at radius 3 is 2.48 bits per heavy atom. The zero-order valence-corrected chi connectivity index (χ0v) is 18.9. The number of guanidine groups is 1. The fourth-order valence-electron chi connectivity index (χ4n) is 2.31.